The van der Waals surface area contributed by atoms with E-state index < -0.39 is 0 Å². The summed E-state index contributed by atoms with van der Waals surface area (Å²) in [4.78, 5) is 16.4. The highest BCUT2D eigenvalue weighted by Crippen LogP contribution is 2.40. The number of aryl methyl sites for hydroxylation is 1. The molecule has 5 nitrogen and oxygen atoms in total. The molecule has 5 heteroatoms. The summed E-state index contributed by atoms with van der Waals surface area (Å²) in [5.41, 5.74) is 1.77. The summed E-state index contributed by atoms with van der Waals surface area (Å²) in [6, 6.07) is 7.96. The van der Waals surface area contributed by atoms with Crippen molar-refractivity contribution in [3.8, 4) is 0 Å². The van der Waals surface area contributed by atoms with Crippen molar-refractivity contribution in [2.75, 3.05) is 0 Å². The van der Waals surface area contributed by atoms with Gasteiger partial charge in [-0.1, -0.05) is 26.0 Å². The largest absolute Gasteiger partial charge is 0.392 e. The number of hydrogen-bond acceptors (Lipinski definition) is 3. The van der Waals surface area contributed by atoms with Gasteiger partial charge in [-0.25, -0.2) is 4.98 Å². The van der Waals surface area contributed by atoms with E-state index >= 15 is 0 Å². The normalized spacial score (nSPS) is 23.8. The highest BCUT2D eigenvalue weighted by molar-refractivity contribution is 5.77. The van der Waals surface area contributed by atoms with Crippen molar-refractivity contribution >= 4 is 16.9 Å². The fourth-order valence-electron chi connectivity index (χ4n) is 2.82. The van der Waals surface area contributed by atoms with Crippen molar-refractivity contribution < 1.29 is 9.90 Å². The van der Waals surface area contributed by atoms with E-state index in [9.17, 15) is 9.90 Å². The molecule has 0 bridgehead atoms. The standard InChI is InChI=1S/C16H21N3O2/c1-16(2)13(9-14(16)20)18-15(21)7-8-19-10-17-11-5-3-4-6-12(11)19/h3-6,10,13-14,20H,7-9H2,1-2H3,(H,18,21). The van der Waals surface area contributed by atoms with Gasteiger partial charge >= 0.3 is 0 Å². The summed E-state index contributed by atoms with van der Waals surface area (Å²) in [6.45, 7) is 4.58. The number of nitrogens with one attached hydrogen (secondary N) is 1. The van der Waals surface area contributed by atoms with Gasteiger partial charge in [0.15, 0.2) is 0 Å². The Kier molecular flexibility index (Phi) is 3.45. The topological polar surface area (TPSA) is 67.2 Å². The van der Waals surface area contributed by atoms with Gasteiger partial charge in [-0.2, -0.15) is 0 Å². The van der Waals surface area contributed by atoms with Crippen LogP contribution >= 0.6 is 0 Å². The van der Waals surface area contributed by atoms with E-state index in [0.29, 0.717) is 19.4 Å². The Balaban J connectivity index is 1.57. The molecule has 1 aromatic carbocycles. The predicted octanol–water partition coefficient (Wildman–Crippen LogP) is 1.70. The average Bonchev–Trinajstić information content (AvgIpc) is 2.88. The van der Waals surface area contributed by atoms with Gasteiger partial charge in [0, 0.05) is 24.4 Å². The molecule has 0 saturated heterocycles. The Morgan fingerprint density at radius 3 is 2.95 bits per heavy atom. The Hall–Kier alpha value is -1.88. The van der Waals surface area contributed by atoms with Gasteiger partial charge in [0.2, 0.25) is 5.91 Å². The second-order valence-electron chi connectivity index (χ2n) is 6.37. The van der Waals surface area contributed by atoms with Crippen LogP contribution in [0.3, 0.4) is 0 Å². The summed E-state index contributed by atoms with van der Waals surface area (Å²) >= 11 is 0. The smallest absolute Gasteiger partial charge is 0.222 e. The molecule has 1 heterocycles. The van der Waals surface area contributed by atoms with Crippen LogP contribution < -0.4 is 5.32 Å². The van der Waals surface area contributed by atoms with Crippen LogP contribution in [0.4, 0.5) is 0 Å². The zero-order valence-corrected chi connectivity index (χ0v) is 12.4. The van der Waals surface area contributed by atoms with Crippen molar-refractivity contribution in [2.24, 2.45) is 5.41 Å². The van der Waals surface area contributed by atoms with E-state index in [-0.39, 0.29) is 23.5 Å². The van der Waals surface area contributed by atoms with Gasteiger partial charge in [-0.15, -0.1) is 0 Å². The molecule has 1 amide bonds. The second-order valence-corrected chi connectivity index (χ2v) is 6.37. The van der Waals surface area contributed by atoms with Crippen LogP contribution in [0, 0.1) is 5.41 Å². The molecule has 21 heavy (non-hydrogen) atoms. The molecule has 1 fully saturated rings. The molecule has 0 aliphatic heterocycles. The van der Waals surface area contributed by atoms with E-state index in [1.165, 1.54) is 0 Å². The van der Waals surface area contributed by atoms with Crippen LogP contribution in [0.25, 0.3) is 11.0 Å². The SMILES string of the molecule is CC1(C)C(O)CC1NC(=O)CCn1cnc2ccccc21. The number of carbonyl (C=O) groups excluding carboxylic acids is 1. The van der Waals surface area contributed by atoms with Gasteiger partial charge < -0.3 is 15.0 Å². The van der Waals surface area contributed by atoms with Crippen molar-refractivity contribution in [2.45, 2.75) is 45.4 Å². The van der Waals surface area contributed by atoms with Crippen molar-refractivity contribution in [1.29, 1.82) is 0 Å². The summed E-state index contributed by atoms with van der Waals surface area (Å²) in [6.07, 6.45) is 2.52. The van der Waals surface area contributed by atoms with Crippen LogP contribution in [0.15, 0.2) is 30.6 Å². The third kappa shape index (κ3) is 2.53. The van der Waals surface area contributed by atoms with Crippen LogP contribution in [0.1, 0.15) is 26.7 Å². The number of aliphatic hydroxyl groups is 1. The molecule has 1 aromatic heterocycles. The first-order chi connectivity index (χ1) is 9.98. The fourth-order valence-corrected chi connectivity index (χ4v) is 2.82. The highest BCUT2D eigenvalue weighted by atomic mass is 16.3. The maximum atomic E-state index is 12.0. The highest BCUT2D eigenvalue weighted by Gasteiger charge is 2.47. The molecule has 0 spiro atoms. The van der Waals surface area contributed by atoms with Gasteiger partial charge in [0.05, 0.1) is 23.5 Å². The lowest BCUT2D eigenvalue weighted by Gasteiger charge is -2.49. The minimum Gasteiger partial charge on any atom is -0.392 e. The molecular formula is C16H21N3O2. The first-order valence-electron chi connectivity index (χ1n) is 7.36. The van der Waals surface area contributed by atoms with Crippen molar-refractivity contribution in [1.82, 2.24) is 14.9 Å². The molecule has 2 aromatic rings. The fraction of sp³-hybridized carbons (Fsp3) is 0.500. The first kappa shape index (κ1) is 14.1. The monoisotopic (exact) mass is 287 g/mol. The Morgan fingerprint density at radius 1 is 1.48 bits per heavy atom. The number of imidazole rings is 1. The maximum Gasteiger partial charge on any atom is 0.222 e. The zero-order chi connectivity index (χ0) is 15.0. The number of rotatable bonds is 4. The number of fused-ring (bicyclic) bond motifs is 1. The Bertz CT molecular complexity index is 662. The van der Waals surface area contributed by atoms with Gasteiger partial charge in [0.1, 0.15) is 0 Å². The minimum atomic E-state index is -0.319. The number of benzene rings is 1. The Labute approximate surface area is 124 Å². The molecule has 2 N–H and O–H groups in total. The lowest BCUT2D eigenvalue weighted by Crippen LogP contribution is -2.61. The van der Waals surface area contributed by atoms with E-state index in [2.05, 4.69) is 10.3 Å². The lowest BCUT2D eigenvalue weighted by molar-refractivity contribution is -0.129. The van der Waals surface area contributed by atoms with Gasteiger partial charge in [-0.05, 0) is 18.6 Å². The van der Waals surface area contributed by atoms with Crippen molar-refractivity contribution in [3.63, 3.8) is 0 Å². The Morgan fingerprint density at radius 2 is 2.24 bits per heavy atom. The molecule has 1 aliphatic rings. The summed E-state index contributed by atoms with van der Waals surface area (Å²) in [7, 11) is 0. The molecule has 2 unspecified atom stereocenters. The summed E-state index contributed by atoms with van der Waals surface area (Å²) in [5.74, 6) is 0.0257. The van der Waals surface area contributed by atoms with Crippen LogP contribution in [-0.2, 0) is 11.3 Å². The van der Waals surface area contributed by atoms with Crippen molar-refractivity contribution in [3.05, 3.63) is 30.6 Å². The maximum absolute atomic E-state index is 12.0. The quantitative estimate of drug-likeness (QED) is 0.899. The molecule has 0 radical (unpaired) electrons. The van der Waals surface area contributed by atoms with E-state index in [1.807, 2.05) is 42.7 Å². The molecule has 3 rings (SSSR count). The zero-order valence-electron chi connectivity index (χ0n) is 12.4. The third-order valence-corrected chi connectivity index (χ3v) is 4.66. The number of carbonyl (C=O) groups is 1. The molecule has 112 valence electrons. The lowest BCUT2D eigenvalue weighted by atomic mass is 9.64. The van der Waals surface area contributed by atoms with E-state index in [1.54, 1.807) is 6.33 Å². The molecule has 2 atom stereocenters. The first-order valence-corrected chi connectivity index (χ1v) is 7.36. The number of aromatic nitrogens is 2. The second kappa shape index (κ2) is 5.15. The molecule has 1 aliphatic carbocycles. The number of para-hydroxylation sites is 2. The van der Waals surface area contributed by atoms with Crippen LogP contribution in [0.5, 0.6) is 0 Å². The summed E-state index contributed by atoms with van der Waals surface area (Å²) in [5, 5.41) is 12.7. The molecule has 1 saturated carbocycles. The number of aliphatic hydroxyl groups excluding tert-OH is 1. The van der Waals surface area contributed by atoms with E-state index in [0.717, 1.165) is 11.0 Å². The van der Waals surface area contributed by atoms with Gasteiger partial charge in [0.25, 0.3) is 0 Å². The van der Waals surface area contributed by atoms with Crippen LogP contribution in [0.2, 0.25) is 0 Å². The number of nitrogens with zero attached hydrogens (tertiary/aromatic N) is 2. The average molecular weight is 287 g/mol. The summed E-state index contributed by atoms with van der Waals surface area (Å²) < 4.78 is 2.00. The number of hydrogen-bond donors (Lipinski definition) is 2. The predicted molar refractivity (Wildman–Crippen MR) is 80.7 cm³/mol. The van der Waals surface area contributed by atoms with Gasteiger partial charge in [-0.3, -0.25) is 4.79 Å². The minimum absolute atomic E-state index is 0.0257. The third-order valence-electron chi connectivity index (χ3n) is 4.66. The van der Waals surface area contributed by atoms with E-state index in [4.69, 9.17) is 0 Å². The molecular weight excluding hydrogens is 266 g/mol. The number of amides is 1. The van der Waals surface area contributed by atoms with Crippen LogP contribution in [-0.4, -0.2) is 32.7 Å².